The Kier molecular flexibility index (Phi) is 15.9. The summed E-state index contributed by atoms with van der Waals surface area (Å²) in [6.07, 6.45) is -0.790. The average Bonchev–Trinajstić information content (AvgIpc) is 3.78. The van der Waals surface area contributed by atoms with Crippen LogP contribution in [0.4, 0.5) is 4.79 Å². The van der Waals surface area contributed by atoms with E-state index in [1.165, 1.54) is 50.1 Å². The van der Waals surface area contributed by atoms with Gasteiger partial charge in [-0.1, -0.05) is 114 Å². The molecule has 2 saturated heterocycles. The first-order chi connectivity index (χ1) is 33.1. The second-order valence-electron chi connectivity index (χ2n) is 15.8. The summed E-state index contributed by atoms with van der Waals surface area (Å²) in [5.74, 6) is -3.28. The lowest BCUT2D eigenvalue weighted by atomic mass is 9.99. The number of ether oxygens (including phenoxy) is 1. The summed E-state index contributed by atoms with van der Waals surface area (Å²) in [7, 11) is -2.32. The Morgan fingerprint density at radius 1 is 0.899 bits per heavy atom. The lowest BCUT2D eigenvalue weighted by Gasteiger charge is -2.50. The molecule has 0 unspecified atom stereocenters. The maximum Gasteiger partial charge on any atom is 0.356 e. The van der Waals surface area contributed by atoms with E-state index in [4.69, 9.17) is 15.0 Å². The van der Waals surface area contributed by atoms with Crippen molar-refractivity contribution >= 4 is 69.3 Å². The van der Waals surface area contributed by atoms with Gasteiger partial charge >= 0.3 is 23.8 Å². The van der Waals surface area contributed by atoms with Gasteiger partial charge in [0.25, 0.3) is 16.0 Å². The molecule has 20 nitrogen and oxygen atoms in total. The van der Waals surface area contributed by atoms with Gasteiger partial charge in [-0.25, -0.2) is 14.3 Å². The SMILES string of the molecule is CCN1CCN(C(=O)N[C@H](C(=O)N[C@@H]2C(=O)N3C(C(=O)OC(c4ccccc4)c4ccccc4)=C(CSc4nnnn4C)CS[C@@H]23)c2ccc(CN)cc2)C(=O)C1=O.Cc1ccc(S(=O)(=O)O)cc1. The summed E-state index contributed by atoms with van der Waals surface area (Å²) in [5, 5.41) is 16.8. The number of hydrogen-bond donors (Lipinski definition) is 4. The van der Waals surface area contributed by atoms with Crippen molar-refractivity contribution < 1.29 is 46.5 Å². The minimum absolute atomic E-state index is 0.0616. The van der Waals surface area contributed by atoms with Gasteiger partial charge in [-0.05, 0) is 64.2 Å². The number of nitrogens with one attached hydrogen (secondary N) is 2. The number of piperazine rings is 1. The Hall–Kier alpha value is -6.92. The van der Waals surface area contributed by atoms with Crippen LogP contribution in [-0.4, -0.2) is 126 Å². The standard InChI is InChI=1S/C39H40N10O7S2.C7H8O3S/c1-3-47-18-19-48(35(53)34(47)52)38(55)42-28(24-16-14-23(20-40)15-17-24)32(50)41-29-33(51)49-30(27(21-57-36(29)49)22-58-39-43-44-45-46(39)2)37(54)56-31(25-10-6-4-7-11-25)26-12-8-5-9-13-26;1-6-2-4-7(5-3-6)11(8,9)10/h4-17,28-29,31,36H,3,18-22,40H2,1-2H3,(H,41,50)(H,42,55);2-5H,1H3,(H,8,9,10)/t28-,29+,36-;/m0./s1. The van der Waals surface area contributed by atoms with Crippen LogP contribution in [0, 0.1) is 6.92 Å². The molecule has 360 valence electrons. The highest BCUT2D eigenvalue weighted by atomic mass is 32.2. The van der Waals surface area contributed by atoms with Crippen LogP contribution >= 0.6 is 23.5 Å². The van der Waals surface area contributed by atoms with Gasteiger partial charge in [-0.3, -0.25) is 33.5 Å². The molecule has 5 N–H and O–H groups in total. The lowest BCUT2D eigenvalue weighted by Crippen LogP contribution is -2.71. The monoisotopic (exact) mass is 996 g/mol. The highest BCUT2D eigenvalue weighted by molar-refractivity contribution is 8.01. The Morgan fingerprint density at radius 2 is 1.54 bits per heavy atom. The van der Waals surface area contributed by atoms with Crippen molar-refractivity contribution in [2.75, 3.05) is 31.1 Å². The maximum atomic E-state index is 14.4. The number of likely N-dealkylation sites (N-methyl/N-ethyl adjacent to an activating group) is 1. The van der Waals surface area contributed by atoms with Crippen molar-refractivity contribution in [3.8, 4) is 0 Å². The number of hydrogen-bond acceptors (Lipinski definition) is 15. The van der Waals surface area contributed by atoms with E-state index >= 15 is 0 Å². The third kappa shape index (κ3) is 11.5. The number of amides is 6. The van der Waals surface area contributed by atoms with Gasteiger partial charge in [0, 0.05) is 44.7 Å². The highest BCUT2D eigenvalue weighted by Crippen LogP contribution is 2.43. The molecular formula is C46H48N10O10S3. The molecule has 0 bridgehead atoms. The zero-order valence-corrected chi connectivity index (χ0v) is 39.9. The van der Waals surface area contributed by atoms with Crippen LogP contribution in [0.3, 0.4) is 0 Å². The van der Waals surface area contributed by atoms with Gasteiger partial charge in [-0.2, -0.15) is 8.42 Å². The van der Waals surface area contributed by atoms with Crippen LogP contribution in [0.2, 0.25) is 0 Å². The second kappa shape index (κ2) is 22.0. The summed E-state index contributed by atoms with van der Waals surface area (Å²) < 4.78 is 37.3. The van der Waals surface area contributed by atoms with E-state index in [0.717, 1.165) is 27.2 Å². The summed E-state index contributed by atoms with van der Waals surface area (Å²) in [6, 6.07) is 27.8. The number of benzene rings is 4. The molecule has 4 aromatic carbocycles. The number of nitrogens with zero attached hydrogens (tertiary/aromatic N) is 7. The highest BCUT2D eigenvalue weighted by Gasteiger charge is 2.55. The van der Waals surface area contributed by atoms with Crippen LogP contribution in [0.15, 0.2) is 131 Å². The molecule has 2 fully saturated rings. The molecule has 1 aromatic heterocycles. The van der Waals surface area contributed by atoms with Crippen molar-refractivity contribution in [3.05, 3.63) is 148 Å². The zero-order valence-electron chi connectivity index (χ0n) is 37.5. The van der Waals surface area contributed by atoms with Crippen molar-refractivity contribution in [2.24, 2.45) is 12.8 Å². The number of aromatic nitrogens is 4. The van der Waals surface area contributed by atoms with Gasteiger partial charge in [0.1, 0.15) is 23.2 Å². The molecule has 0 spiro atoms. The zero-order chi connectivity index (χ0) is 49.4. The Bertz CT molecular complexity index is 2810. The fraction of sp³-hybridized carbons (Fsp3) is 0.283. The number of nitrogens with two attached hydrogens (primary N) is 1. The first kappa shape index (κ1) is 50.0. The van der Waals surface area contributed by atoms with Crippen molar-refractivity contribution in [1.82, 2.24) is 45.5 Å². The van der Waals surface area contributed by atoms with E-state index in [1.54, 1.807) is 50.4 Å². The third-order valence-corrected chi connectivity index (χ3v) is 14.6. The number of tetrazole rings is 1. The summed E-state index contributed by atoms with van der Waals surface area (Å²) in [6.45, 7) is 4.19. The number of esters is 1. The Labute approximate surface area is 405 Å². The van der Waals surface area contributed by atoms with Crippen molar-refractivity contribution in [3.63, 3.8) is 0 Å². The number of imide groups is 1. The number of fused-ring (bicyclic) bond motifs is 1. The van der Waals surface area contributed by atoms with E-state index in [2.05, 4.69) is 26.2 Å². The maximum absolute atomic E-state index is 14.4. The van der Waals surface area contributed by atoms with E-state index in [0.29, 0.717) is 28.6 Å². The third-order valence-electron chi connectivity index (χ3n) is 11.3. The molecule has 3 aliphatic heterocycles. The van der Waals surface area contributed by atoms with Gasteiger partial charge in [0.15, 0.2) is 6.10 Å². The normalized spacial score (nSPS) is 17.4. The number of carbonyl (C=O) groups excluding carboxylic acids is 6. The minimum Gasteiger partial charge on any atom is -0.448 e. The Morgan fingerprint density at radius 3 is 2.10 bits per heavy atom. The molecule has 0 aliphatic carbocycles. The van der Waals surface area contributed by atoms with Gasteiger partial charge in [-0.15, -0.1) is 16.9 Å². The molecule has 6 amide bonds. The van der Waals surface area contributed by atoms with Crippen molar-refractivity contribution in [1.29, 1.82) is 0 Å². The molecular weight excluding hydrogens is 949 g/mol. The predicted molar refractivity (Wildman–Crippen MR) is 253 cm³/mol. The van der Waals surface area contributed by atoms with Crippen LogP contribution in [0.1, 0.15) is 46.9 Å². The minimum atomic E-state index is -4.02. The molecule has 8 rings (SSSR count). The largest absolute Gasteiger partial charge is 0.448 e. The van der Waals surface area contributed by atoms with E-state index in [1.807, 2.05) is 67.6 Å². The molecule has 4 heterocycles. The number of carbonyl (C=O) groups is 6. The van der Waals surface area contributed by atoms with Crippen molar-refractivity contribution in [2.45, 2.75) is 54.0 Å². The number of aryl methyl sites for hydroxylation is 2. The first-order valence-corrected chi connectivity index (χ1v) is 24.9. The number of β-lactam (4-membered cyclic amide) rings is 1. The first-order valence-electron chi connectivity index (χ1n) is 21.5. The molecule has 0 radical (unpaired) electrons. The second-order valence-corrected chi connectivity index (χ2v) is 19.3. The summed E-state index contributed by atoms with van der Waals surface area (Å²) in [5.41, 5.74) is 10.0. The van der Waals surface area contributed by atoms with E-state index < -0.39 is 69.3 Å². The van der Waals surface area contributed by atoms with E-state index in [-0.39, 0.29) is 36.0 Å². The van der Waals surface area contributed by atoms with Gasteiger partial charge in [0.2, 0.25) is 11.1 Å². The molecule has 23 heteroatoms. The summed E-state index contributed by atoms with van der Waals surface area (Å²) >= 11 is 2.65. The average molecular weight is 997 g/mol. The number of rotatable bonds is 14. The van der Waals surface area contributed by atoms with Crippen LogP contribution in [0.25, 0.3) is 0 Å². The quantitative estimate of drug-likeness (QED) is 0.0409. The molecule has 3 aliphatic rings. The van der Waals surface area contributed by atoms with Gasteiger partial charge < -0.3 is 26.0 Å². The van der Waals surface area contributed by atoms with E-state index in [9.17, 15) is 37.2 Å². The molecule has 3 atom stereocenters. The topological polar surface area (TPSA) is 269 Å². The predicted octanol–water partition coefficient (Wildman–Crippen LogP) is 3.13. The fourth-order valence-electron chi connectivity index (χ4n) is 7.49. The number of thioether (sulfide) groups is 2. The summed E-state index contributed by atoms with van der Waals surface area (Å²) in [4.78, 5) is 85.1. The van der Waals surface area contributed by atoms with Crippen LogP contribution in [-0.2, 0) is 52.4 Å². The molecule has 5 aromatic rings. The Balaban J connectivity index is 0.000000563. The van der Waals surface area contributed by atoms with Gasteiger partial charge in [0.05, 0.1) is 4.90 Å². The lowest BCUT2D eigenvalue weighted by molar-refractivity contribution is -0.155. The number of urea groups is 1. The smallest absolute Gasteiger partial charge is 0.356 e. The van der Waals surface area contributed by atoms with Crippen LogP contribution in [0.5, 0.6) is 0 Å². The molecule has 0 saturated carbocycles. The fourth-order valence-corrected chi connectivity index (χ4v) is 10.3. The molecule has 69 heavy (non-hydrogen) atoms. The van der Waals surface area contributed by atoms with Crippen LogP contribution < -0.4 is 16.4 Å².